The van der Waals surface area contributed by atoms with Gasteiger partial charge >= 0.3 is 0 Å². The monoisotopic (exact) mass is 600 g/mol. The molecule has 4 heterocycles. The van der Waals surface area contributed by atoms with Gasteiger partial charge in [-0.2, -0.15) is 10.1 Å². The van der Waals surface area contributed by atoms with E-state index < -0.39 is 5.56 Å². The quantitative estimate of drug-likeness (QED) is 0.212. The van der Waals surface area contributed by atoms with E-state index in [1.165, 1.54) is 6.42 Å². The molecule has 0 bridgehead atoms. The molecule has 1 saturated heterocycles. The van der Waals surface area contributed by atoms with Gasteiger partial charge in [-0.3, -0.25) is 14.2 Å². The van der Waals surface area contributed by atoms with Crippen LogP contribution in [0.25, 0.3) is 16.7 Å². The predicted octanol–water partition coefficient (Wildman–Crippen LogP) is 5.54. The second-order valence-corrected chi connectivity index (χ2v) is 11.9. The van der Waals surface area contributed by atoms with E-state index in [2.05, 4.69) is 38.7 Å². The molecule has 45 heavy (non-hydrogen) atoms. The van der Waals surface area contributed by atoms with Crippen LogP contribution in [0, 0.1) is 0 Å². The van der Waals surface area contributed by atoms with E-state index in [1.54, 1.807) is 47.3 Å². The largest absolute Gasteiger partial charge is 0.381 e. The summed E-state index contributed by atoms with van der Waals surface area (Å²) in [6, 6.07) is 20.9. The number of carbonyl (C=O) groups excluding carboxylic acids is 1. The van der Waals surface area contributed by atoms with Gasteiger partial charge in [0.25, 0.3) is 5.56 Å². The maximum absolute atomic E-state index is 14.1. The Balaban J connectivity index is 1.22. The molecule has 1 fully saturated rings. The molecular weight excluding hydrogens is 564 g/mol. The molecule has 228 valence electrons. The standard InChI is InChI=1S/C35H36N8O2/c1-41-19-7-10-28(22-41)38-26-13-15-27(16-14-26)39-35-36-21-25-20-31(32(44)24-8-3-2-4-9-24)34(45)42(33(25)40-35)23-30-17-18-37-43(30)29-11-5-6-12-29/h2-4,8-9,11,13-18,20-21,28,38H,5-7,10,12,19,22-23H2,1H3,(H,36,39,40). The minimum Gasteiger partial charge on any atom is -0.381 e. The van der Waals surface area contributed by atoms with Crippen LogP contribution < -0.4 is 16.2 Å². The summed E-state index contributed by atoms with van der Waals surface area (Å²) in [4.78, 5) is 39.3. The van der Waals surface area contributed by atoms with Gasteiger partial charge in [-0.15, -0.1) is 0 Å². The van der Waals surface area contributed by atoms with Crippen molar-refractivity contribution in [3.63, 3.8) is 0 Å². The lowest BCUT2D eigenvalue weighted by Gasteiger charge is -2.30. The van der Waals surface area contributed by atoms with E-state index in [9.17, 15) is 9.59 Å². The van der Waals surface area contributed by atoms with Crippen LogP contribution in [0.1, 0.15) is 53.7 Å². The second-order valence-electron chi connectivity index (χ2n) is 11.9. The molecule has 3 aromatic heterocycles. The fraction of sp³-hybridized carbons (Fsp3) is 0.286. The van der Waals surface area contributed by atoms with Crippen molar-refractivity contribution in [3.05, 3.63) is 112 Å². The first-order chi connectivity index (χ1) is 22.0. The van der Waals surface area contributed by atoms with Gasteiger partial charge in [-0.05, 0) is 82.1 Å². The molecule has 10 nitrogen and oxygen atoms in total. The van der Waals surface area contributed by atoms with Crippen molar-refractivity contribution in [1.82, 2.24) is 29.2 Å². The Morgan fingerprint density at radius 3 is 2.62 bits per heavy atom. The minimum atomic E-state index is -0.405. The van der Waals surface area contributed by atoms with Crippen LogP contribution >= 0.6 is 0 Å². The van der Waals surface area contributed by atoms with Crippen LogP contribution in [0.15, 0.2) is 90.0 Å². The van der Waals surface area contributed by atoms with Crippen molar-refractivity contribution < 1.29 is 4.79 Å². The zero-order chi connectivity index (χ0) is 30.8. The Morgan fingerprint density at radius 1 is 1.02 bits per heavy atom. The van der Waals surface area contributed by atoms with Crippen LogP contribution in [-0.4, -0.2) is 61.2 Å². The molecule has 5 aromatic rings. The third-order valence-corrected chi connectivity index (χ3v) is 8.57. The first-order valence-electron chi connectivity index (χ1n) is 15.6. The fourth-order valence-corrected chi connectivity index (χ4v) is 6.29. The molecule has 1 unspecified atom stereocenters. The van der Waals surface area contributed by atoms with E-state index >= 15 is 0 Å². The lowest BCUT2D eigenvalue weighted by atomic mass is 10.0. The van der Waals surface area contributed by atoms with Crippen LogP contribution in [-0.2, 0) is 6.54 Å². The highest BCUT2D eigenvalue weighted by molar-refractivity contribution is 6.10. The van der Waals surface area contributed by atoms with Gasteiger partial charge in [0, 0.05) is 53.0 Å². The van der Waals surface area contributed by atoms with Crippen molar-refractivity contribution in [3.8, 4) is 0 Å². The number of aromatic nitrogens is 5. The number of fused-ring (bicyclic) bond motifs is 1. The molecule has 1 aliphatic carbocycles. The topological polar surface area (TPSA) is 110 Å². The third kappa shape index (κ3) is 6.14. The number of piperidine rings is 1. The Labute approximate surface area is 261 Å². The molecule has 1 atom stereocenters. The number of nitrogens with one attached hydrogen (secondary N) is 2. The second kappa shape index (κ2) is 12.5. The minimum absolute atomic E-state index is 0.0800. The van der Waals surface area contributed by atoms with E-state index in [0.717, 1.165) is 61.5 Å². The van der Waals surface area contributed by atoms with Gasteiger partial charge < -0.3 is 15.5 Å². The number of allylic oxidation sites excluding steroid dienone is 2. The summed E-state index contributed by atoms with van der Waals surface area (Å²) < 4.78 is 3.47. The smallest absolute Gasteiger partial charge is 0.263 e. The highest BCUT2D eigenvalue weighted by atomic mass is 16.1. The Morgan fingerprint density at radius 2 is 1.84 bits per heavy atom. The number of rotatable bonds is 9. The summed E-state index contributed by atoms with van der Waals surface area (Å²) in [6.45, 7) is 2.38. The summed E-state index contributed by atoms with van der Waals surface area (Å²) in [5.41, 5.74) is 4.43. The van der Waals surface area contributed by atoms with Crippen LogP contribution in [0.5, 0.6) is 0 Å². The zero-order valence-corrected chi connectivity index (χ0v) is 25.3. The molecule has 2 aromatic carbocycles. The molecule has 0 amide bonds. The number of anilines is 3. The fourth-order valence-electron chi connectivity index (χ4n) is 6.29. The number of carbonyl (C=O) groups is 1. The van der Waals surface area contributed by atoms with Crippen molar-refractivity contribution in [1.29, 1.82) is 0 Å². The van der Waals surface area contributed by atoms with Gasteiger partial charge in [-0.1, -0.05) is 36.4 Å². The Kier molecular flexibility index (Phi) is 7.96. The summed E-state index contributed by atoms with van der Waals surface area (Å²) in [5, 5.41) is 12.1. The highest BCUT2D eigenvalue weighted by Crippen LogP contribution is 2.25. The lowest BCUT2D eigenvalue weighted by molar-refractivity contribution is 0.103. The number of benzene rings is 2. The maximum Gasteiger partial charge on any atom is 0.263 e. The average Bonchev–Trinajstić information content (AvgIpc) is 3.76. The number of hydrogen-bond donors (Lipinski definition) is 2. The number of nitrogens with zero attached hydrogens (tertiary/aromatic N) is 6. The molecular formula is C35H36N8O2. The molecule has 0 radical (unpaired) electrons. The van der Waals surface area contributed by atoms with Gasteiger partial charge in [-0.25, -0.2) is 9.67 Å². The van der Waals surface area contributed by atoms with Crippen LogP contribution in [0.2, 0.25) is 0 Å². The van der Waals surface area contributed by atoms with Crippen molar-refractivity contribution in [2.75, 3.05) is 30.8 Å². The Hall–Kier alpha value is -5.09. The summed E-state index contributed by atoms with van der Waals surface area (Å²) in [7, 11) is 2.16. The number of ketones is 1. The van der Waals surface area contributed by atoms with Gasteiger partial charge in [0.1, 0.15) is 5.65 Å². The molecule has 1 aliphatic heterocycles. The molecule has 2 aliphatic rings. The number of hydrogen-bond acceptors (Lipinski definition) is 8. The molecule has 10 heteroatoms. The predicted molar refractivity (Wildman–Crippen MR) is 177 cm³/mol. The molecule has 0 saturated carbocycles. The van der Waals surface area contributed by atoms with Crippen LogP contribution in [0.4, 0.5) is 17.3 Å². The normalized spacial score (nSPS) is 16.9. The molecule has 0 spiro atoms. The van der Waals surface area contributed by atoms with E-state index in [1.807, 2.05) is 41.1 Å². The van der Waals surface area contributed by atoms with Gasteiger partial charge in [0.2, 0.25) is 5.95 Å². The number of likely N-dealkylation sites (N-methyl/N-ethyl adjacent to an activating group) is 1. The maximum atomic E-state index is 14.1. The van der Waals surface area contributed by atoms with Crippen molar-refractivity contribution in [2.45, 2.75) is 44.7 Å². The summed E-state index contributed by atoms with van der Waals surface area (Å²) >= 11 is 0. The first kappa shape index (κ1) is 28.7. The zero-order valence-electron chi connectivity index (χ0n) is 25.3. The third-order valence-electron chi connectivity index (χ3n) is 8.57. The lowest BCUT2D eigenvalue weighted by Crippen LogP contribution is -2.39. The Bertz CT molecular complexity index is 1930. The summed E-state index contributed by atoms with van der Waals surface area (Å²) in [6.07, 6.45) is 11.0. The SMILES string of the molecule is CN1CCCC(Nc2ccc(Nc3ncc4cc(C(=O)c5ccccc5)c(=O)n(Cc5ccnn5C5=CCCC5)c4n3)cc2)C1. The van der Waals surface area contributed by atoms with Gasteiger partial charge in [0.15, 0.2) is 5.78 Å². The van der Waals surface area contributed by atoms with Crippen LogP contribution in [0.3, 0.4) is 0 Å². The molecule has 7 rings (SSSR count). The van der Waals surface area contributed by atoms with Crippen molar-refractivity contribution >= 4 is 39.8 Å². The van der Waals surface area contributed by atoms with Gasteiger partial charge in [0.05, 0.1) is 17.8 Å². The average molecular weight is 601 g/mol. The number of pyridine rings is 1. The van der Waals surface area contributed by atoms with E-state index in [0.29, 0.717) is 28.6 Å². The van der Waals surface area contributed by atoms with E-state index in [4.69, 9.17) is 4.98 Å². The highest BCUT2D eigenvalue weighted by Gasteiger charge is 2.21. The first-order valence-corrected chi connectivity index (χ1v) is 15.6. The van der Waals surface area contributed by atoms with Crippen molar-refractivity contribution in [2.24, 2.45) is 0 Å². The number of likely N-dealkylation sites (tertiary alicyclic amines) is 1. The summed E-state index contributed by atoms with van der Waals surface area (Å²) in [5.74, 6) is 0.0263. The molecule has 2 N–H and O–H groups in total. The van der Waals surface area contributed by atoms with E-state index in [-0.39, 0.29) is 17.9 Å².